The molecule has 6 rings (SSSR count). The zero-order chi connectivity index (χ0) is 31.6. The molecule has 0 saturated heterocycles. The molecule has 8 nitrogen and oxygen atoms in total. The van der Waals surface area contributed by atoms with Gasteiger partial charge in [-0.15, -0.1) is 11.3 Å². The van der Waals surface area contributed by atoms with Gasteiger partial charge in [0.15, 0.2) is 10.7 Å². The third-order valence-electron chi connectivity index (χ3n) is 7.78. The van der Waals surface area contributed by atoms with Gasteiger partial charge in [-0.2, -0.15) is 18.3 Å². The number of rotatable bonds is 8. The van der Waals surface area contributed by atoms with E-state index in [9.17, 15) is 18.0 Å². The van der Waals surface area contributed by atoms with Gasteiger partial charge in [-0.1, -0.05) is 31.8 Å². The summed E-state index contributed by atoms with van der Waals surface area (Å²) in [7, 11) is 0.495. The number of carbonyl (C=O) groups is 1. The molecule has 1 aliphatic rings. The molecule has 14 heteroatoms. The molecular formula is C30H30F4N6O2SSi. The molecule has 0 aliphatic carbocycles. The predicted molar refractivity (Wildman–Crippen MR) is 163 cm³/mol. The zero-order valence-corrected chi connectivity index (χ0v) is 26.6. The summed E-state index contributed by atoms with van der Waals surface area (Å²) in [6.45, 7) is 9.70. The van der Waals surface area contributed by atoms with Crippen molar-refractivity contribution in [2.24, 2.45) is 7.05 Å². The molecule has 1 unspecified atom stereocenters. The van der Waals surface area contributed by atoms with E-state index >= 15 is 4.39 Å². The van der Waals surface area contributed by atoms with E-state index in [0.717, 1.165) is 17.6 Å². The molecule has 4 heterocycles. The van der Waals surface area contributed by atoms with Crippen LogP contribution < -0.4 is 4.90 Å². The second-order valence-corrected chi connectivity index (χ2v) is 18.5. The lowest BCUT2D eigenvalue weighted by Crippen LogP contribution is -2.30. The Kier molecular flexibility index (Phi) is 7.49. The van der Waals surface area contributed by atoms with Crippen LogP contribution in [0.25, 0.3) is 22.3 Å². The van der Waals surface area contributed by atoms with Crippen molar-refractivity contribution in [3.05, 3.63) is 81.4 Å². The Morgan fingerprint density at radius 1 is 1.11 bits per heavy atom. The van der Waals surface area contributed by atoms with Crippen molar-refractivity contribution in [3.63, 3.8) is 0 Å². The molecule has 0 spiro atoms. The number of thiazole rings is 1. The summed E-state index contributed by atoms with van der Waals surface area (Å²) in [5.41, 5.74) is 3.87. The molecule has 1 atom stereocenters. The minimum atomic E-state index is -4.59. The molecular weight excluding hydrogens is 613 g/mol. The van der Waals surface area contributed by atoms with Crippen LogP contribution in [-0.4, -0.2) is 44.9 Å². The van der Waals surface area contributed by atoms with Crippen molar-refractivity contribution in [1.29, 1.82) is 0 Å². The summed E-state index contributed by atoms with van der Waals surface area (Å²) in [5, 5.41) is 4.67. The first-order valence-corrected chi connectivity index (χ1v) is 18.5. The third kappa shape index (κ3) is 5.45. The quantitative estimate of drug-likeness (QED) is 0.100. The molecule has 0 bridgehead atoms. The molecule has 230 valence electrons. The fraction of sp³-hybridized carbons (Fsp3) is 0.333. The van der Waals surface area contributed by atoms with Crippen molar-refractivity contribution in [2.45, 2.75) is 51.6 Å². The van der Waals surface area contributed by atoms with E-state index in [0.29, 0.717) is 47.1 Å². The number of aryl methyl sites for hydroxylation is 1. The lowest BCUT2D eigenvalue weighted by molar-refractivity contribution is -0.137. The Labute approximate surface area is 255 Å². The minimum absolute atomic E-state index is 0.0240. The summed E-state index contributed by atoms with van der Waals surface area (Å²) >= 11 is 0.452. The number of imidazole rings is 1. The van der Waals surface area contributed by atoms with Crippen molar-refractivity contribution in [2.75, 3.05) is 11.5 Å². The van der Waals surface area contributed by atoms with Gasteiger partial charge in [-0.05, 0) is 37.2 Å². The highest BCUT2D eigenvalue weighted by atomic mass is 32.1. The van der Waals surface area contributed by atoms with Gasteiger partial charge >= 0.3 is 6.18 Å². The number of hydrogen-bond donors (Lipinski definition) is 0. The first-order valence-electron chi connectivity index (χ1n) is 13.9. The molecule has 44 heavy (non-hydrogen) atoms. The van der Waals surface area contributed by atoms with E-state index in [2.05, 4.69) is 34.7 Å². The van der Waals surface area contributed by atoms with E-state index in [-0.39, 0.29) is 28.4 Å². The Balaban J connectivity index is 1.35. The van der Waals surface area contributed by atoms with Crippen LogP contribution in [0.15, 0.2) is 48.1 Å². The first-order chi connectivity index (χ1) is 20.7. The smallest absolute Gasteiger partial charge is 0.361 e. The molecule has 0 saturated carbocycles. The number of aromatic nitrogens is 5. The molecule has 5 aromatic rings. The topological polar surface area (TPSA) is 78.1 Å². The zero-order valence-electron chi connectivity index (χ0n) is 24.7. The van der Waals surface area contributed by atoms with Gasteiger partial charge in [-0.3, -0.25) is 14.4 Å². The summed E-state index contributed by atoms with van der Waals surface area (Å²) in [6, 6.07) is 9.78. The lowest BCUT2D eigenvalue weighted by Gasteiger charge is -2.27. The van der Waals surface area contributed by atoms with E-state index in [1.807, 2.05) is 17.6 Å². The van der Waals surface area contributed by atoms with Gasteiger partial charge in [0.25, 0.3) is 5.91 Å². The molecule has 1 amide bonds. The van der Waals surface area contributed by atoms with Crippen LogP contribution in [0.3, 0.4) is 0 Å². The summed E-state index contributed by atoms with van der Waals surface area (Å²) in [4.78, 5) is 23.5. The number of amides is 1. The van der Waals surface area contributed by atoms with Crippen molar-refractivity contribution < 1.29 is 27.1 Å². The fourth-order valence-electron chi connectivity index (χ4n) is 5.32. The standard InChI is InChI=1S/C30H30F4N6O2SSi/c1-17-25-26(37-38(17)2)28(41)40(19-7-9-24-22(13-19)35-15-39(24)16-42-10-11-44(3,4)5)27(25)20-8-6-18(12-21(20)31)23-14-43-29(36-23)30(32,33)34/h6-9,12-15,27H,10-11,16H2,1-5H3. The van der Waals surface area contributed by atoms with Gasteiger partial charge in [0.05, 0.1) is 29.1 Å². The fourth-order valence-corrected chi connectivity index (χ4v) is 6.78. The number of nitrogens with zero attached hydrogens (tertiary/aromatic N) is 6. The maximum Gasteiger partial charge on any atom is 0.443 e. The van der Waals surface area contributed by atoms with Gasteiger partial charge in [0.2, 0.25) is 0 Å². The first kappa shape index (κ1) is 30.2. The second kappa shape index (κ2) is 10.9. The average molecular weight is 643 g/mol. The number of anilines is 1. The predicted octanol–water partition coefficient (Wildman–Crippen LogP) is 7.42. The van der Waals surface area contributed by atoms with E-state index in [1.165, 1.54) is 22.4 Å². The maximum absolute atomic E-state index is 15.9. The Bertz CT molecular complexity index is 1890. The van der Waals surface area contributed by atoms with Crippen molar-refractivity contribution in [3.8, 4) is 11.3 Å². The molecule has 0 N–H and O–H groups in total. The van der Waals surface area contributed by atoms with Crippen LogP contribution >= 0.6 is 11.3 Å². The number of fused-ring (bicyclic) bond motifs is 2. The number of ether oxygens (including phenoxy) is 1. The highest BCUT2D eigenvalue weighted by molar-refractivity contribution is 7.10. The van der Waals surface area contributed by atoms with Crippen LogP contribution in [0, 0.1) is 12.7 Å². The highest BCUT2D eigenvalue weighted by Crippen LogP contribution is 2.45. The van der Waals surface area contributed by atoms with Crippen LogP contribution in [0.4, 0.5) is 23.2 Å². The highest BCUT2D eigenvalue weighted by Gasteiger charge is 2.44. The van der Waals surface area contributed by atoms with E-state index in [1.54, 1.807) is 30.2 Å². The van der Waals surface area contributed by atoms with Crippen molar-refractivity contribution in [1.82, 2.24) is 24.3 Å². The molecule has 0 fully saturated rings. The van der Waals surface area contributed by atoms with E-state index in [4.69, 9.17) is 4.74 Å². The van der Waals surface area contributed by atoms with Crippen LogP contribution in [-0.2, 0) is 24.7 Å². The Morgan fingerprint density at radius 2 is 1.89 bits per heavy atom. The molecule has 0 radical (unpaired) electrons. The minimum Gasteiger partial charge on any atom is -0.361 e. The van der Waals surface area contributed by atoms with Crippen molar-refractivity contribution >= 4 is 42.0 Å². The number of benzene rings is 2. The molecule has 1 aliphatic heterocycles. The summed E-state index contributed by atoms with van der Waals surface area (Å²) in [6.07, 6.45) is -2.90. The number of alkyl halides is 3. The summed E-state index contributed by atoms with van der Waals surface area (Å²) in [5.74, 6) is -1.07. The van der Waals surface area contributed by atoms with Crippen LogP contribution in [0.1, 0.15) is 38.4 Å². The normalized spacial score (nSPS) is 15.5. The maximum atomic E-state index is 15.9. The van der Waals surface area contributed by atoms with Gasteiger partial charge in [0.1, 0.15) is 12.5 Å². The SMILES string of the molecule is Cc1c2c(nn1C)C(=O)N(c1ccc3c(c1)ncn3COCC[Si](C)(C)C)C2c1ccc(-c2csc(C(F)(F)F)n2)cc1F. The van der Waals surface area contributed by atoms with E-state index < -0.39 is 31.1 Å². The second-order valence-electron chi connectivity index (χ2n) is 12.1. The van der Waals surface area contributed by atoms with Crippen LogP contribution in [0.2, 0.25) is 25.7 Å². The Hall–Kier alpha value is -3.88. The van der Waals surface area contributed by atoms with Crippen LogP contribution in [0.5, 0.6) is 0 Å². The molecule has 2 aromatic carbocycles. The number of halogens is 4. The number of carbonyl (C=O) groups excluding carboxylic acids is 1. The monoisotopic (exact) mass is 642 g/mol. The lowest BCUT2D eigenvalue weighted by atomic mass is 9.96. The van der Waals surface area contributed by atoms with Gasteiger partial charge in [-0.25, -0.2) is 14.4 Å². The molecule has 3 aromatic heterocycles. The largest absolute Gasteiger partial charge is 0.443 e. The Morgan fingerprint density at radius 3 is 2.57 bits per heavy atom. The van der Waals surface area contributed by atoms with Gasteiger partial charge in [0, 0.05) is 55.2 Å². The summed E-state index contributed by atoms with van der Waals surface area (Å²) < 4.78 is 64.6. The third-order valence-corrected chi connectivity index (χ3v) is 10.4. The average Bonchev–Trinajstić information content (AvgIpc) is 3.71. The van der Waals surface area contributed by atoms with Gasteiger partial charge < -0.3 is 9.30 Å². The number of hydrogen-bond acceptors (Lipinski definition) is 6.